The average molecular weight is 203 g/mol. The third kappa shape index (κ3) is 8.01. The predicted octanol–water partition coefficient (Wildman–Crippen LogP) is 0.802. The molecule has 0 aromatic heterocycles. The normalized spacial score (nSPS) is 12.1. The van der Waals surface area contributed by atoms with Crippen LogP contribution < -0.4 is 0 Å². The van der Waals surface area contributed by atoms with Crippen LogP contribution >= 0.6 is 0 Å². The zero-order valence-corrected chi connectivity index (χ0v) is 9.29. The summed E-state index contributed by atoms with van der Waals surface area (Å²) in [6.45, 7) is 7.75. The van der Waals surface area contributed by atoms with Gasteiger partial charge in [-0.05, 0) is 11.8 Å². The molecule has 2 N–H and O–H groups in total. The zero-order chi connectivity index (χ0) is 11.2. The Morgan fingerprint density at radius 2 is 1.93 bits per heavy atom. The summed E-state index contributed by atoms with van der Waals surface area (Å²) in [5, 5.41) is 17.3. The van der Waals surface area contributed by atoms with E-state index in [-0.39, 0.29) is 18.6 Å². The van der Waals surface area contributed by atoms with Crippen LogP contribution in [0.4, 0.5) is 0 Å². The van der Waals surface area contributed by atoms with Crippen LogP contribution in [0.25, 0.3) is 0 Å². The van der Waals surface area contributed by atoms with Crippen molar-refractivity contribution in [3.63, 3.8) is 0 Å². The number of aliphatic carboxylic acids is 1. The molecular weight excluding hydrogens is 182 g/mol. The second-order valence-electron chi connectivity index (χ2n) is 4.74. The molecule has 0 aromatic rings. The van der Waals surface area contributed by atoms with Gasteiger partial charge in [0.15, 0.2) is 0 Å². The number of aliphatic hydroxyl groups is 1. The van der Waals surface area contributed by atoms with E-state index in [2.05, 4.69) is 20.8 Å². The number of carbonyl (C=O) groups is 1. The van der Waals surface area contributed by atoms with Gasteiger partial charge in [-0.15, -0.1) is 0 Å². The fourth-order valence-electron chi connectivity index (χ4n) is 1.37. The van der Waals surface area contributed by atoms with E-state index < -0.39 is 5.97 Å². The lowest BCUT2D eigenvalue weighted by Gasteiger charge is -2.28. The summed E-state index contributed by atoms with van der Waals surface area (Å²) in [5.41, 5.74) is 0.0882. The quantitative estimate of drug-likeness (QED) is 0.670. The summed E-state index contributed by atoms with van der Waals surface area (Å²) in [5.74, 6) is -0.813. The van der Waals surface area contributed by atoms with Gasteiger partial charge in [-0.2, -0.15) is 0 Å². The van der Waals surface area contributed by atoms with Crippen LogP contribution in [-0.2, 0) is 4.79 Å². The highest BCUT2D eigenvalue weighted by molar-refractivity contribution is 5.69. The lowest BCUT2D eigenvalue weighted by molar-refractivity contribution is -0.138. The highest BCUT2D eigenvalue weighted by Crippen LogP contribution is 2.15. The maximum atomic E-state index is 10.6. The topological polar surface area (TPSA) is 60.8 Å². The number of rotatable bonds is 6. The summed E-state index contributed by atoms with van der Waals surface area (Å²) in [6.07, 6.45) is 0.628. The molecule has 0 spiro atoms. The highest BCUT2D eigenvalue weighted by atomic mass is 16.4. The Balaban J connectivity index is 4.03. The van der Waals surface area contributed by atoms with E-state index in [1.54, 1.807) is 0 Å². The van der Waals surface area contributed by atoms with E-state index in [4.69, 9.17) is 10.2 Å². The Hall–Kier alpha value is -0.610. The minimum Gasteiger partial charge on any atom is -0.480 e. The minimum absolute atomic E-state index is 0.0528. The summed E-state index contributed by atoms with van der Waals surface area (Å²) < 4.78 is 0. The Bertz CT molecular complexity index is 175. The first kappa shape index (κ1) is 13.4. The molecule has 0 aromatic carbocycles. The second kappa shape index (κ2) is 5.98. The number of hydrogen-bond donors (Lipinski definition) is 2. The third-order valence-electron chi connectivity index (χ3n) is 1.69. The number of carboxylic acid groups (broad SMARTS) is 1. The molecule has 0 saturated heterocycles. The van der Waals surface area contributed by atoms with Gasteiger partial charge in [0, 0.05) is 19.7 Å². The maximum Gasteiger partial charge on any atom is 0.317 e. The van der Waals surface area contributed by atoms with Crippen LogP contribution in [0.2, 0.25) is 0 Å². The molecule has 0 saturated carbocycles. The first-order chi connectivity index (χ1) is 6.35. The summed E-state index contributed by atoms with van der Waals surface area (Å²) in [4.78, 5) is 12.4. The minimum atomic E-state index is -0.813. The molecule has 84 valence electrons. The molecule has 0 aliphatic rings. The largest absolute Gasteiger partial charge is 0.480 e. The molecule has 0 heterocycles. The Labute approximate surface area is 85.5 Å². The van der Waals surface area contributed by atoms with Crippen molar-refractivity contribution in [2.45, 2.75) is 27.2 Å². The smallest absolute Gasteiger partial charge is 0.317 e. The predicted molar refractivity (Wildman–Crippen MR) is 55.2 cm³/mol. The molecule has 0 aliphatic carbocycles. The van der Waals surface area contributed by atoms with Crippen molar-refractivity contribution in [2.24, 2.45) is 5.41 Å². The van der Waals surface area contributed by atoms with Gasteiger partial charge in [0.2, 0.25) is 0 Å². The first-order valence-electron chi connectivity index (χ1n) is 4.90. The van der Waals surface area contributed by atoms with Gasteiger partial charge in [-0.1, -0.05) is 20.8 Å². The van der Waals surface area contributed by atoms with Crippen molar-refractivity contribution in [2.75, 3.05) is 26.2 Å². The number of hydrogen-bond acceptors (Lipinski definition) is 3. The monoisotopic (exact) mass is 203 g/mol. The van der Waals surface area contributed by atoms with E-state index in [1.165, 1.54) is 0 Å². The van der Waals surface area contributed by atoms with Gasteiger partial charge < -0.3 is 10.2 Å². The van der Waals surface area contributed by atoms with Gasteiger partial charge in [0.1, 0.15) is 0 Å². The maximum absolute atomic E-state index is 10.6. The van der Waals surface area contributed by atoms with Crippen LogP contribution in [-0.4, -0.2) is 47.3 Å². The molecule has 0 amide bonds. The number of aliphatic hydroxyl groups excluding tert-OH is 1. The van der Waals surface area contributed by atoms with Gasteiger partial charge >= 0.3 is 5.97 Å². The molecule has 0 aliphatic heterocycles. The van der Waals surface area contributed by atoms with Gasteiger partial charge in [0.25, 0.3) is 0 Å². The Kier molecular flexibility index (Phi) is 5.72. The molecule has 0 atom stereocenters. The lowest BCUT2D eigenvalue weighted by Crippen LogP contribution is -2.37. The van der Waals surface area contributed by atoms with Crippen LogP contribution in [0, 0.1) is 5.41 Å². The molecule has 0 unspecified atom stereocenters. The van der Waals surface area contributed by atoms with Gasteiger partial charge in [-0.25, -0.2) is 0 Å². The zero-order valence-electron chi connectivity index (χ0n) is 9.29. The highest BCUT2D eigenvalue weighted by Gasteiger charge is 2.17. The summed E-state index contributed by atoms with van der Waals surface area (Å²) in [6, 6.07) is 0. The molecule has 0 radical (unpaired) electrons. The van der Waals surface area contributed by atoms with E-state index in [0.717, 1.165) is 6.54 Å². The molecule has 0 rings (SSSR count). The molecule has 14 heavy (non-hydrogen) atoms. The molecular formula is C10H21NO3. The van der Waals surface area contributed by atoms with E-state index in [9.17, 15) is 4.79 Å². The SMILES string of the molecule is CC(C)(C)CN(CCCO)CC(=O)O. The third-order valence-corrected chi connectivity index (χ3v) is 1.69. The molecule has 0 fully saturated rings. The summed E-state index contributed by atoms with van der Waals surface area (Å²) >= 11 is 0. The summed E-state index contributed by atoms with van der Waals surface area (Å²) in [7, 11) is 0. The van der Waals surface area contributed by atoms with Crippen molar-refractivity contribution in [3.05, 3.63) is 0 Å². The van der Waals surface area contributed by atoms with E-state index in [1.807, 2.05) is 4.90 Å². The van der Waals surface area contributed by atoms with Crippen molar-refractivity contribution in [1.82, 2.24) is 4.90 Å². The fourth-order valence-corrected chi connectivity index (χ4v) is 1.37. The fraction of sp³-hybridized carbons (Fsp3) is 0.900. The van der Waals surface area contributed by atoms with Gasteiger partial charge in [-0.3, -0.25) is 9.69 Å². The second-order valence-corrected chi connectivity index (χ2v) is 4.74. The Morgan fingerprint density at radius 1 is 1.36 bits per heavy atom. The van der Waals surface area contributed by atoms with Crippen molar-refractivity contribution in [1.29, 1.82) is 0 Å². The van der Waals surface area contributed by atoms with Crippen LogP contribution in [0.3, 0.4) is 0 Å². The molecule has 4 nitrogen and oxygen atoms in total. The Morgan fingerprint density at radius 3 is 2.29 bits per heavy atom. The lowest BCUT2D eigenvalue weighted by atomic mass is 9.96. The van der Waals surface area contributed by atoms with Crippen LogP contribution in [0.5, 0.6) is 0 Å². The van der Waals surface area contributed by atoms with Crippen molar-refractivity contribution >= 4 is 5.97 Å². The van der Waals surface area contributed by atoms with Crippen LogP contribution in [0.15, 0.2) is 0 Å². The van der Waals surface area contributed by atoms with Crippen molar-refractivity contribution < 1.29 is 15.0 Å². The van der Waals surface area contributed by atoms with Crippen molar-refractivity contribution in [3.8, 4) is 0 Å². The van der Waals surface area contributed by atoms with Crippen LogP contribution in [0.1, 0.15) is 27.2 Å². The number of nitrogens with zero attached hydrogens (tertiary/aromatic N) is 1. The molecule has 0 bridgehead atoms. The van der Waals surface area contributed by atoms with E-state index in [0.29, 0.717) is 13.0 Å². The average Bonchev–Trinajstić information content (AvgIpc) is 1.96. The van der Waals surface area contributed by atoms with Gasteiger partial charge in [0.05, 0.1) is 6.54 Å². The first-order valence-corrected chi connectivity index (χ1v) is 4.90. The van der Waals surface area contributed by atoms with E-state index >= 15 is 0 Å². The number of carboxylic acids is 1. The standard InChI is InChI=1S/C10H21NO3/c1-10(2,3)8-11(5-4-6-12)7-9(13)14/h12H,4-8H2,1-3H3,(H,13,14). The molecule has 4 heteroatoms.